The number of anilines is 2. The Bertz CT molecular complexity index is 726. The summed E-state index contributed by atoms with van der Waals surface area (Å²) < 4.78 is 0. The van der Waals surface area contributed by atoms with Crippen LogP contribution in [0.3, 0.4) is 0 Å². The maximum atomic E-state index is 6.13. The Labute approximate surface area is 124 Å². The van der Waals surface area contributed by atoms with Gasteiger partial charge < -0.3 is 0 Å². The molecule has 0 radical (unpaired) electrons. The van der Waals surface area contributed by atoms with Crippen LogP contribution in [0.2, 0.25) is 0 Å². The van der Waals surface area contributed by atoms with E-state index in [0.29, 0.717) is 5.82 Å². The third-order valence-corrected chi connectivity index (χ3v) is 3.49. The van der Waals surface area contributed by atoms with Gasteiger partial charge in [0.1, 0.15) is 0 Å². The normalized spacial score (nSPS) is 10.6. The molecule has 106 valence electrons. The summed E-state index contributed by atoms with van der Waals surface area (Å²) in [6, 6.07) is 18.3. The lowest BCUT2D eigenvalue weighted by molar-refractivity contribution is 0.996. The molecule has 3 rings (SSSR count). The number of nitrogens with one attached hydrogen (secondary N) is 1. The predicted octanol–water partition coefficient (Wildman–Crippen LogP) is 3.71. The Morgan fingerprint density at radius 3 is 2.10 bits per heavy atom. The van der Waals surface area contributed by atoms with Crippen molar-refractivity contribution in [3.63, 3.8) is 0 Å². The van der Waals surface area contributed by atoms with Crippen LogP contribution in [0.15, 0.2) is 54.6 Å². The maximum absolute atomic E-state index is 6.13. The van der Waals surface area contributed by atoms with Gasteiger partial charge in [-0.25, -0.2) is 5.84 Å². The number of benzene rings is 2. The van der Waals surface area contributed by atoms with Gasteiger partial charge in [0.2, 0.25) is 0 Å². The quantitative estimate of drug-likeness (QED) is 0.567. The second kappa shape index (κ2) is 5.42. The zero-order valence-electron chi connectivity index (χ0n) is 12.2. The first-order chi connectivity index (χ1) is 10.1. The Balaban J connectivity index is 1.87. The molecular formula is C17H18N4. The van der Waals surface area contributed by atoms with Crippen molar-refractivity contribution in [1.82, 2.24) is 10.2 Å². The van der Waals surface area contributed by atoms with Gasteiger partial charge in [0.05, 0.1) is 11.4 Å². The van der Waals surface area contributed by atoms with Crippen LogP contribution in [0.5, 0.6) is 0 Å². The highest BCUT2D eigenvalue weighted by Gasteiger charge is 2.10. The molecular weight excluding hydrogens is 260 g/mol. The number of hydrazine groups is 1. The number of nitrogens with two attached hydrogens (primary N) is 1. The molecule has 0 aliphatic carbocycles. The van der Waals surface area contributed by atoms with Crippen LogP contribution in [0.1, 0.15) is 11.1 Å². The lowest BCUT2D eigenvalue weighted by Gasteiger charge is -2.15. The molecule has 0 spiro atoms. The Morgan fingerprint density at radius 2 is 1.48 bits per heavy atom. The van der Waals surface area contributed by atoms with Crippen molar-refractivity contribution >= 4 is 11.5 Å². The second-order valence-electron chi connectivity index (χ2n) is 5.21. The van der Waals surface area contributed by atoms with Crippen molar-refractivity contribution in [2.75, 3.05) is 5.01 Å². The van der Waals surface area contributed by atoms with Crippen molar-refractivity contribution in [3.05, 3.63) is 65.7 Å². The molecule has 21 heavy (non-hydrogen) atoms. The first-order valence-corrected chi connectivity index (χ1v) is 6.87. The monoisotopic (exact) mass is 278 g/mol. The Hall–Kier alpha value is -2.59. The van der Waals surface area contributed by atoms with E-state index in [4.69, 9.17) is 5.84 Å². The molecule has 0 atom stereocenters. The summed E-state index contributed by atoms with van der Waals surface area (Å²) in [6.45, 7) is 4.12. The topological polar surface area (TPSA) is 57.9 Å². The lowest BCUT2D eigenvalue weighted by atomic mass is 10.1. The van der Waals surface area contributed by atoms with Crippen LogP contribution in [0, 0.1) is 13.8 Å². The number of aryl methyl sites for hydroxylation is 2. The van der Waals surface area contributed by atoms with Gasteiger partial charge >= 0.3 is 0 Å². The number of rotatable bonds is 3. The van der Waals surface area contributed by atoms with Crippen LogP contribution >= 0.6 is 0 Å². The molecule has 0 unspecified atom stereocenters. The van der Waals surface area contributed by atoms with E-state index in [2.05, 4.69) is 48.3 Å². The van der Waals surface area contributed by atoms with Gasteiger partial charge in [-0.3, -0.25) is 10.1 Å². The number of H-pyrrole nitrogens is 1. The van der Waals surface area contributed by atoms with Gasteiger partial charge in [-0.05, 0) is 31.5 Å². The average Bonchev–Trinajstić information content (AvgIpc) is 2.98. The molecule has 0 saturated carbocycles. The lowest BCUT2D eigenvalue weighted by Crippen LogP contribution is -2.25. The minimum atomic E-state index is 0.689. The van der Waals surface area contributed by atoms with E-state index >= 15 is 0 Å². The third kappa shape index (κ3) is 2.80. The number of aromatic nitrogens is 2. The molecule has 4 nitrogen and oxygen atoms in total. The summed E-state index contributed by atoms with van der Waals surface area (Å²) in [5.74, 6) is 6.82. The van der Waals surface area contributed by atoms with E-state index in [0.717, 1.165) is 16.9 Å². The van der Waals surface area contributed by atoms with Crippen LogP contribution in [-0.2, 0) is 0 Å². The van der Waals surface area contributed by atoms with Gasteiger partial charge in [0.15, 0.2) is 5.82 Å². The van der Waals surface area contributed by atoms with Crippen molar-refractivity contribution in [3.8, 4) is 11.3 Å². The Kier molecular flexibility index (Phi) is 3.46. The van der Waals surface area contributed by atoms with E-state index in [9.17, 15) is 0 Å². The summed E-state index contributed by atoms with van der Waals surface area (Å²) in [4.78, 5) is 0. The first kappa shape index (κ1) is 13.4. The van der Waals surface area contributed by atoms with Gasteiger partial charge in [0.25, 0.3) is 0 Å². The van der Waals surface area contributed by atoms with E-state index in [1.807, 2.05) is 30.3 Å². The average molecular weight is 278 g/mol. The summed E-state index contributed by atoms with van der Waals surface area (Å²) >= 11 is 0. The fourth-order valence-electron chi connectivity index (χ4n) is 2.15. The minimum Gasteiger partial charge on any atom is -0.276 e. The summed E-state index contributed by atoms with van der Waals surface area (Å²) in [6.07, 6.45) is 0. The van der Waals surface area contributed by atoms with Crippen molar-refractivity contribution < 1.29 is 0 Å². The molecule has 1 heterocycles. The highest BCUT2D eigenvalue weighted by Crippen LogP contribution is 2.25. The number of hydrogen-bond donors (Lipinski definition) is 2. The van der Waals surface area contributed by atoms with Gasteiger partial charge in [-0.1, -0.05) is 47.5 Å². The molecule has 0 saturated heterocycles. The molecule has 0 amide bonds. The number of aromatic amines is 1. The SMILES string of the molecule is Cc1ccc(-c2cc(N(N)c3ccc(C)cc3)n[nH]2)cc1. The fourth-order valence-corrected chi connectivity index (χ4v) is 2.15. The molecule has 3 aromatic rings. The molecule has 0 bridgehead atoms. The van der Waals surface area contributed by atoms with E-state index in [1.54, 1.807) is 5.01 Å². The highest BCUT2D eigenvalue weighted by molar-refractivity contribution is 5.67. The highest BCUT2D eigenvalue weighted by atomic mass is 15.5. The molecule has 3 N–H and O–H groups in total. The van der Waals surface area contributed by atoms with Crippen molar-refractivity contribution in [2.45, 2.75) is 13.8 Å². The summed E-state index contributed by atoms with van der Waals surface area (Å²) in [7, 11) is 0. The van der Waals surface area contributed by atoms with Gasteiger partial charge in [-0.15, -0.1) is 0 Å². The standard InChI is InChI=1S/C17H18N4/c1-12-3-7-14(8-4-12)16-11-17(20-19-16)21(18)15-9-5-13(2)6-10-15/h3-11H,18H2,1-2H3,(H,19,20). The van der Waals surface area contributed by atoms with Crippen LogP contribution in [-0.4, -0.2) is 10.2 Å². The van der Waals surface area contributed by atoms with Gasteiger partial charge in [-0.2, -0.15) is 5.10 Å². The van der Waals surface area contributed by atoms with E-state index in [-0.39, 0.29) is 0 Å². The molecule has 4 heteroatoms. The fraction of sp³-hybridized carbons (Fsp3) is 0.118. The van der Waals surface area contributed by atoms with Gasteiger partial charge in [0, 0.05) is 6.07 Å². The third-order valence-electron chi connectivity index (χ3n) is 3.49. The zero-order valence-corrected chi connectivity index (χ0v) is 12.2. The van der Waals surface area contributed by atoms with Crippen LogP contribution in [0.25, 0.3) is 11.3 Å². The maximum Gasteiger partial charge on any atom is 0.169 e. The zero-order chi connectivity index (χ0) is 14.8. The largest absolute Gasteiger partial charge is 0.276 e. The Morgan fingerprint density at radius 1 is 0.905 bits per heavy atom. The smallest absolute Gasteiger partial charge is 0.169 e. The molecule has 0 aliphatic rings. The molecule has 0 aliphatic heterocycles. The molecule has 2 aromatic carbocycles. The molecule has 0 fully saturated rings. The second-order valence-corrected chi connectivity index (χ2v) is 5.21. The van der Waals surface area contributed by atoms with Crippen molar-refractivity contribution in [2.24, 2.45) is 5.84 Å². The number of nitrogens with zero attached hydrogens (tertiary/aromatic N) is 2. The van der Waals surface area contributed by atoms with Crippen LogP contribution in [0.4, 0.5) is 11.5 Å². The van der Waals surface area contributed by atoms with Crippen molar-refractivity contribution in [1.29, 1.82) is 0 Å². The predicted molar refractivity (Wildman–Crippen MR) is 86.3 cm³/mol. The minimum absolute atomic E-state index is 0.689. The first-order valence-electron chi connectivity index (χ1n) is 6.87. The van der Waals surface area contributed by atoms with E-state index in [1.165, 1.54) is 11.1 Å². The summed E-state index contributed by atoms with van der Waals surface area (Å²) in [5.41, 5.74) is 5.39. The number of hydrogen-bond acceptors (Lipinski definition) is 3. The van der Waals surface area contributed by atoms with E-state index < -0.39 is 0 Å². The summed E-state index contributed by atoms with van der Waals surface area (Å²) in [5, 5.41) is 8.90. The van der Waals surface area contributed by atoms with Crippen LogP contribution < -0.4 is 10.9 Å². The molecule has 1 aromatic heterocycles.